The van der Waals surface area contributed by atoms with Gasteiger partial charge in [0.15, 0.2) is 0 Å². The van der Waals surface area contributed by atoms with Crippen LogP contribution in [0.15, 0.2) is 24.4 Å². The van der Waals surface area contributed by atoms with Crippen LogP contribution < -0.4 is 5.32 Å². The zero-order valence-corrected chi connectivity index (χ0v) is 8.17. The Labute approximate surface area is 78.9 Å². The molecule has 0 aliphatic rings. The van der Waals surface area contributed by atoms with E-state index < -0.39 is 0 Å². The fourth-order valence-electron chi connectivity index (χ4n) is 0.895. The molecule has 1 N–H and O–H groups in total. The van der Waals surface area contributed by atoms with Crippen LogP contribution in [0.1, 0.15) is 19.2 Å². The summed E-state index contributed by atoms with van der Waals surface area (Å²) >= 11 is 0. The molecule has 0 saturated carbocycles. The van der Waals surface area contributed by atoms with Crippen LogP contribution >= 0.6 is 0 Å². The molecule has 0 aromatic carbocycles. The SMILES string of the molecule is C=C(CC)CNc1ccnc(C)n1. The van der Waals surface area contributed by atoms with Gasteiger partial charge in [0.1, 0.15) is 11.6 Å². The highest BCUT2D eigenvalue weighted by Gasteiger charge is 1.94. The van der Waals surface area contributed by atoms with Crippen molar-refractivity contribution in [2.75, 3.05) is 11.9 Å². The maximum atomic E-state index is 4.22. The number of aryl methyl sites for hydroxylation is 1. The second kappa shape index (κ2) is 4.60. The molecule has 0 aliphatic carbocycles. The molecule has 0 spiro atoms. The van der Waals surface area contributed by atoms with E-state index in [0.29, 0.717) is 0 Å². The molecule has 1 heterocycles. The lowest BCUT2D eigenvalue weighted by atomic mass is 10.2. The molecular weight excluding hydrogens is 162 g/mol. The Hall–Kier alpha value is -1.38. The van der Waals surface area contributed by atoms with Crippen molar-refractivity contribution in [2.24, 2.45) is 0 Å². The van der Waals surface area contributed by atoms with Gasteiger partial charge >= 0.3 is 0 Å². The largest absolute Gasteiger partial charge is 0.366 e. The molecule has 1 aromatic rings. The molecule has 0 saturated heterocycles. The first-order valence-electron chi connectivity index (χ1n) is 4.42. The van der Waals surface area contributed by atoms with Gasteiger partial charge < -0.3 is 5.32 Å². The molecule has 1 aromatic heterocycles. The average Bonchev–Trinajstić information content (AvgIpc) is 2.14. The highest BCUT2D eigenvalue weighted by molar-refractivity contribution is 5.34. The van der Waals surface area contributed by atoms with Gasteiger partial charge in [-0.2, -0.15) is 0 Å². The summed E-state index contributed by atoms with van der Waals surface area (Å²) in [4.78, 5) is 8.23. The number of nitrogens with one attached hydrogen (secondary N) is 1. The van der Waals surface area contributed by atoms with Crippen molar-refractivity contribution in [3.8, 4) is 0 Å². The standard InChI is InChI=1S/C10H15N3/c1-4-8(2)7-12-10-5-6-11-9(3)13-10/h5-6H,2,4,7H2,1,3H3,(H,11,12,13). The van der Waals surface area contributed by atoms with Crippen LogP contribution in [0.4, 0.5) is 5.82 Å². The predicted octanol–water partition coefficient (Wildman–Crippen LogP) is 2.16. The third-order valence-electron chi connectivity index (χ3n) is 1.80. The summed E-state index contributed by atoms with van der Waals surface area (Å²) in [6.45, 7) is 8.66. The summed E-state index contributed by atoms with van der Waals surface area (Å²) in [6, 6.07) is 1.86. The Kier molecular flexibility index (Phi) is 3.43. The van der Waals surface area contributed by atoms with Gasteiger partial charge in [0.25, 0.3) is 0 Å². The van der Waals surface area contributed by atoms with E-state index in [1.165, 1.54) is 5.57 Å². The number of rotatable bonds is 4. The van der Waals surface area contributed by atoms with Gasteiger partial charge in [-0.3, -0.25) is 0 Å². The minimum atomic E-state index is 0.784. The molecule has 70 valence electrons. The van der Waals surface area contributed by atoms with Crippen molar-refractivity contribution in [1.29, 1.82) is 0 Å². The van der Waals surface area contributed by atoms with Gasteiger partial charge in [0, 0.05) is 12.7 Å². The van der Waals surface area contributed by atoms with Crippen molar-refractivity contribution in [2.45, 2.75) is 20.3 Å². The van der Waals surface area contributed by atoms with Gasteiger partial charge in [0.05, 0.1) is 0 Å². The summed E-state index contributed by atoms with van der Waals surface area (Å²) in [5.41, 5.74) is 1.18. The highest BCUT2D eigenvalue weighted by Crippen LogP contribution is 2.03. The van der Waals surface area contributed by atoms with E-state index >= 15 is 0 Å². The molecule has 0 aliphatic heterocycles. The smallest absolute Gasteiger partial charge is 0.129 e. The van der Waals surface area contributed by atoms with Crippen LogP contribution in [0.2, 0.25) is 0 Å². The quantitative estimate of drug-likeness (QED) is 0.716. The lowest BCUT2D eigenvalue weighted by molar-refractivity contribution is 1.01. The maximum absolute atomic E-state index is 4.22. The summed E-state index contributed by atoms with van der Waals surface area (Å²) in [7, 11) is 0. The maximum Gasteiger partial charge on any atom is 0.129 e. The second-order valence-corrected chi connectivity index (χ2v) is 2.95. The van der Waals surface area contributed by atoms with Crippen LogP contribution in [0.5, 0.6) is 0 Å². The third kappa shape index (κ3) is 3.23. The molecule has 3 nitrogen and oxygen atoms in total. The van der Waals surface area contributed by atoms with Gasteiger partial charge in [-0.25, -0.2) is 9.97 Å². The third-order valence-corrected chi connectivity index (χ3v) is 1.80. The van der Waals surface area contributed by atoms with Crippen LogP contribution in [-0.2, 0) is 0 Å². The Morgan fingerprint density at radius 2 is 2.38 bits per heavy atom. The first-order chi connectivity index (χ1) is 6.22. The van der Waals surface area contributed by atoms with Crippen molar-refractivity contribution in [3.63, 3.8) is 0 Å². The summed E-state index contributed by atoms with van der Waals surface area (Å²) in [6.07, 6.45) is 2.75. The molecule has 0 amide bonds. The van der Waals surface area contributed by atoms with E-state index in [0.717, 1.165) is 24.6 Å². The molecule has 1 rings (SSSR count). The minimum absolute atomic E-state index is 0.784. The van der Waals surface area contributed by atoms with E-state index in [-0.39, 0.29) is 0 Å². The van der Waals surface area contributed by atoms with Crippen LogP contribution in [0, 0.1) is 6.92 Å². The summed E-state index contributed by atoms with van der Waals surface area (Å²) < 4.78 is 0. The Bertz CT molecular complexity index is 294. The highest BCUT2D eigenvalue weighted by atomic mass is 15.0. The lowest BCUT2D eigenvalue weighted by Crippen LogP contribution is -2.05. The minimum Gasteiger partial charge on any atom is -0.366 e. The first kappa shape index (κ1) is 9.71. The van der Waals surface area contributed by atoms with Gasteiger partial charge in [0.2, 0.25) is 0 Å². The average molecular weight is 177 g/mol. The lowest BCUT2D eigenvalue weighted by Gasteiger charge is -2.06. The fraction of sp³-hybridized carbons (Fsp3) is 0.400. The predicted molar refractivity (Wildman–Crippen MR) is 54.7 cm³/mol. The Morgan fingerprint density at radius 3 is 3.00 bits per heavy atom. The van der Waals surface area contributed by atoms with E-state index in [2.05, 4.69) is 28.8 Å². The number of nitrogens with zero attached hydrogens (tertiary/aromatic N) is 2. The summed E-state index contributed by atoms with van der Waals surface area (Å²) in [5, 5.41) is 3.19. The van der Waals surface area contributed by atoms with Crippen LogP contribution in [-0.4, -0.2) is 16.5 Å². The molecule has 0 bridgehead atoms. The number of hydrogen-bond donors (Lipinski definition) is 1. The Balaban J connectivity index is 2.50. The van der Waals surface area contributed by atoms with Crippen molar-refractivity contribution in [1.82, 2.24) is 9.97 Å². The first-order valence-corrected chi connectivity index (χ1v) is 4.42. The van der Waals surface area contributed by atoms with E-state index in [1.54, 1.807) is 6.20 Å². The molecule has 0 atom stereocenters. The summed E-state index contributed by atoms with van der Waals surface area (Å²) in [5.74, 6) is 1.65. The van der Waals surface area contributed by atoms with E-state index in [9.17, 15) is 0 Å². The molecule has 0 unspecified atom stereocenters. The monoisotopic (exact) mass is 177 g/mol. The van der Waals surface area contributed by atoms with E-state index in [1.807, 2.05) is 13.0 Å². The zero-order valence-electron chi connectivity index (χ0n) is 8.17. The molecule has 13 heavy (non-hydrogen) atoms. The van der Waals surface area contributed by atoms with Gasteiger partial charge in [-0.15, -0.1) is 0 Å². The van der Waals surface area contributed by atoms with E-state index in [4.69, 9.17) is 0 Å². The molecule has 0 radical (unpaired) electrons. The van der Waals surface area contributed by atoms with Crippen molar-refractivity contribution >= 4 is 5.82 Å². The van der Waals surface area contributed by atoms with Gasteiger partial charge in [-0.1, -0.05) is 19.1 Å². The second-order valence-electron chi connectivity index (χ2n) is 2.95. The Morgan fingerprint density at radius 1 is 1.62 bits per heavy atom. The molecular formula is C10H15N3. The van der Waals surface area contributed by atoms with Crippen LogP contribution in [0.3, 0.4) is 0 Å². The van der Waals surface area contributed by atoms with Crippen LogP contribution in [0.25, 0.3) is 0 Å². The zero-order chi connectivity index (χ0) is 9.68. The van der Waals surface area contributed by atoms with Crippen molar-refractivity contribution in [3.05, 3.63) is 30.2 Å². The molecule has 0 fully saturated rings. The number of aromatic nitrogens is 2. The van der Waals surface area contributed by atoms with Crippen molar-refractivity contribution < 1.29 is 0 Å². The fourth-order valence-corrected chi connectivity index (χ4v) is 0.895. The van der Waals surface area contributed by atoms with Gasteiger partial charge in [-0.05, 0) is 19.4 Å². The topological polar surface area (TPSA) is 37.8 Å². The molecule has 3 heteroatoms. The number of hydrogen-bond acceptors (Lipinski definition) is 3. The normalized spacial score (nSPS) is 9.69. The number of anilines is 1.